The summed E-state index contributed by atoms with van der Waals surface area (Å²) < 4.78 is 17.7. The maximum Gasteiger partial charge on any atom is 0.246 e. The normalized spacial score (nSPS) is 18.0. The first kappa shape index (κ1) is 35.2. The van der Waals surface area contributed by atoms with Crippen molar-refractivity contribution in [3.05, 3.63) is 95.7 Å². The molecule has 0 bridgehead atoms. The number of nitrogens with zero attached hydrogens (tertiary/aromatic N) is 1. The number of rotatable bonds is 13. The van der Waals surface area contributed by atoms with Crippen LogP contribution in [0.15, 0.2) is 95.7 Å². The van der Waals surface area contributed by atoms with E-state index in [1.165, 1.54) is 12.7 Å². The molecule has 11 heteroatoms. The lowest BCUT2D eigenvalue weighted by molar-refractivity contribution is -0.136. The summed E-state index contributed by atoms with van der Waals surface area (Å²) in [6, 6.07) is 5.20. The maximum atomic E-state index is 13.6. The van der Waals surface area contributed by atoms with Gasteiger partial charge in [-0.25, -0.2) is 5.48 Å². The van der Waals surface area contributed by atoms with E-state index in [1.54, 1.807) is 42.0 Å². The van der Waals surface area contributed by atoms with Crippen molar-refractivity contribution in [3.63, 3.8) is 0 Å². The lowest BCUT2D eigenvalue weighted by Gasteiger charge is -2.18. The average Bonchev–Trinajstić information content (AvgIpc) is 3.93. The molecule has 1 fully saturated rings. The van der Waals surface area contributed by atoms with E-state index < -0.39 is 11.3 Å². The molecule has 1 atom stereocenters. The van der Waals surface area contributed by atoms with Crippen LogP contribution in [0.4, 0.5) is 0 Å². The summed E-state index contributed by atoms with van der Waals surface area (Å²) in [4.78, 5) is 43.0. The van der Waals surface area contributed by atoms with Crippen molar-refractivity contribution in [2.45, 2.75) is 53.4 Å². The summed E-state index contributed by atoms with van der Waals surface area (Å²) in [7, 11) is 1.51. The molecule has 4 N–H and O–H groups in total. The van der Waals surface area contributed by atoms with Crippen LogP contribution in [0.2, 0.25) is 0 Å². The molecule has 1 saturated carbocycles. The number of aromatic nitrogens is 1. The number of amides is 3. The Morgan fingerprint density at radius 1 is 1.00 bits per heavy atom. The van der Waals surface area contributed by atoms with Crippen LogP contribution in [0.5, 0.6) is 17.2 Å². The second-order valence-corrected chi connectivity index (χ2v) is 13.0. The third kappa shape index (κ3) is 8.47. The van der Waals surface area contributed by atoms with E-state index in [-0.39, 0.29) is 36.7 Å². The van der Waals surface area contributed by atoms with Crippen LogP contribution in [0, 0.1) is 23.2 Å². The van der Waals surface area contributed by atoms with Gasteiger partial charge >= 0.3 is 0 Å². The molecule has 2 aromatic rings. The highest BCUT2D eigenvalue weighted by molar-refractivity contribution is 6.09. The molecule has 49 heavy (non-hydrogen) atoms. The van der Waals surface area contributed by atoms with Crippen LogP contribution in [-0.2, 0) is 14.4 Å². The predicted molar refractivity (Wildman–Crippen MR) is 185 cm³/mol. The monoisotopic (exact) mass is 668 g/mol. The van der Waals surface area contributed by atoms with Gasteiger partial charge in [-0.05, 0) is 73.6 Å². The van der Waals surface area contributed by atoms with Gasteiger partial charge in [-0.1, -0.05) is 51.5 Å². The Balaban J connectivity index is 1.32. The number of methoxy groups -OCH3 is 1. The van der Waals surface area contributed by atoms with Gasteiger partial charge in [-0.2, -0.15) is 0 Å². The third-order valence-electron chi connectivity index (χ3n) is 8.83. The molecule has 3 aliphatic rings. The van der Waals surface area contributed by atoms with Gasteiger partial charge in [0.1, 0.15) is 16.9 Å². The summed E-state index contributed by atoms with van der Waals surface area (Å²) >= 11 is 0. The van der Waals surface area contributed by atoms with Crippen molar-refractivity contribution in [1.82, 2.24) is 21.1 Å². The van der Waals surface area contributed by atoms with E-state index in [2.05, 4.69) is 49.4 Å². The molecular weight excluding hydrogens is 624 g/mol. The zero-order chi connectivity index (χ0) is 35.1. The standard InChI is InChI=1S/C38H44N4O7/c1-23(2)25-8-6-7-9-27(18-25)40-36(44)38(14-15-38)37(45)41-28-10-11-29(20-26(19-28)24(3)4)49-32-12-16-39-31-22-33(47-5)34(21-30(31)32)48-17-13-35(43)42-46/h6-7,9-12,16,18-24,26,46H,8,13-15,17H2,1-5H3,(H,40,44)(H,41,45)(H,42,43). The van der Waals surface area contributed by atoms with E-state index >= 15 is 0 Å². The summed E-state index contributed by atoms with van der Waals surface area (Å²) in [5.41, 5.74) is 3.57. The van der Waals surface area contributed by atoms with Gasteiger partial charge in [0, 0.05) is 35.0 Å². The van der Waals surface area contributed by atoms with Crippen molar-refractivity contribution < 1.29 is 33.8 Å². The first-order valence-corrected chi connectivity index (χ1v) is 16.5. The number of fused-ring (bicyclic) bond motifs is 1. The smallest absolute Gasteiger partial charge is 0.246 e. The van der Waals surface area contributed by atoms with Crippen molar-refractivity contribution >= 4 is 28.6 Å². The number of hydroxylamine groups is 1. The fraction of sp³-hybridized carbons (Fsp3) is 0.368. The molecule has 1 aromatic carbocycles. The topological polar surface area (TPSA) is 148 Å². The first-order valence-electron chi connectivity index (χ1n) is 16.5. The van der Waals surface area contributed by atoms with Gasteiger partial charge in [-0.15, -0.1) is 0 Å². The number of benzene rings is 1. The molecule has 0 aliphatic heterocycles. The Morgan fingerprint density at radius 3 is 2.43 bits per heavy atom. The highest BCUT2D eigenvalue weighted by Crippen LogP contribution is 2.47. The number of allylic oxidation sites excluding steroid dienone is 9. The lowest BCUT2D eigenvalue weighted by Crippen LogP contribution is -2.42. The molecule has 1 unspecified atom stereocenters. The van der Waals surface area contributed by atoms with Gasteiger partial charge in [0.25, 0.3) is 0 Å². The van der Waals surface area contributed by atoms with Gasteiger partial charge in [0.05, 0.1) is 25.7 Å². The minimum Gasteiger partial charge on any atom is -0.493 e. The minimum atomic E-state index is -1.12. The van der Waals surface area contributed by atoms with Gasteiger partial charge in [0.15, 0.2) is 11.5 Å². The molecule has 258 valence electrons. The molecule has 0 spiro atoms. The van der Waals surface area contributed by atoms with Crippen LogP contribution in [-0.4, -0.2) is 41.6 Å². The largest absolute Gasteiger partial charge is 0.493 e. The molecule has 5 rings (SSSR count). The fourth-order valence-corrected chi connectivity index (χ4v) is 5.54. The summed E-state index contributed by atoms with van der Waals surface area (Å²) in [6.07, 6.45) is 18.8. The number of nitrogens with one attached hydrogen (secondary N) is 3. The van der Waals surface area contributed by atoms with E-state index in [9.17, 15) is 14.4 Å². The van der Waals surface area contributed by atoms with Crippen molar-refractivity contribution in [2.75, 3.05) is 13.7 Å². The van der Waals surface area contributed by atoms with Crippen molar-refractivity contribution in [1.29, 1.82) is 0 Å². The van der Waals surface area contributed by atoms with E-state index in [1.807, 2.05) is 30.4 Å². The second-order valence-electron chi connectivity index (χ2n) is 13.0. The number of pyridine rings is 1. The maximum absolute atomic E-state index is 13.6. The highest BCUT2D eigenvalue weighted by atomic mass is 16.5. The first-order chi connectivity index (χ1) is 23.5. The highest BCUT2D eigenvalue weighted by Gasteiger charge is 2.56. The molecule has 11 nitrogen and oxygen atoms in total. The van der Waals surface area contributed by atoms with Crippen molar-refractivity contribution in [2.24, 2.45) is 23.2 Å². The number of hydrogen-bond acceptors (Lipinski definition) is 8. The predicted octanol–water partition coefficient (Wildman–Crippen LogP) is 5.95. The number of hydrogen-bond donors (Lipinski definition) is 4. The van der Waals surface area contributed by atoms with E-state index in [0.29, 0.717) is 64.1 Å². The van der Waals surface area contributed by atoms with Gasteiger partial charge in [0.2, 0.25) is 17.7 Å². The molecule has 0 radical (unpaired) electrons. The summed E-state index contributed by atoms with van der Waals surface area (Å²) in [6.45, 7) is 8.43. The third-order valence-corrected chi connectivity index (χ3v) is 8.83. The molecule has 1 aromatic heterocycles. The fourth-order valence-electron chi connectivity index (χ4n) is 5.54. The second kappa shape index (κ2) is 15.4. The summed E-state index contributed by atoms with van der Waals surface area (Å²) in [5, 5.41) is 15.5. The van der Waals surface area contributed by atoms with Crippen LogP contribution >= 0.6 is 0 Å². The van der Waals surface area contributed by atoms with Gasteiger partial charge in [-0.3, -0.25) is 24.6 Å². The number of carbonyl (C=O) groups excluding carboxylic acids is 3. The van der Waals surface area contributed by atoms with Crippen LogP contribution < -0.4 is 30.3 Å². The molecule has 1 heterocycles. The molecule has 3 amide bonds. The quantitative estimate of drug-likeness (QED) is 0.116. The molecular formula is C38H44N4O7. The summed E-state index contributed by atoms with van der Waals surface area (Å²) in [5.74, 6) is 1.13. The molecule has 3 aliphatic carbocycles. The van der Waals surface area contributed by atoms with Crippen LogP contribution in [0.25, 0.3) is 10.9 Å². The zero-order valence-corrected chi connectivity index (χ0v) is 28.5. The number of ether oxygens (including phenoxy) is 3. The van der Waals surface area contributed by atoms with E-state index in [4.69, 9.17) is 19.4 Å². The molecule has 0 saturated heterocycles. The van der Waals surface area contributed by atoms with Gasteiger partial charge < -0.3 is 24.8 Å². The lowest BCUT2D eigenvalue weighted by atomic mass is 9.94. The Kier molecular flexibility index (Phi) is 11.0. The van der Waals surface area contributed by atoms with Crippen LogP contribution in [0.1, 0.15) is 53.4 Å². The minimum absolute atomic E-state index is 0.0170. The Labute approximate surface area is 286 Å². The van der Waals surface area contributed by atoms with Crippen molar-refractivity contribution in [3.8, 4) is 17.2 Å². The SMILES string of the molecule is COc1cc2nccc(OC3=CC(C(C)C)C=C(NC(=O)C4(C(=O)NC5=CC=CCC(C(C)C)=C5)CC4)C=C3)c2cc1OCCC(=O)NO. The zero-order valence-electron chi connectivity index (χ0n) is 28.5. The Morgan fingerprint density at radius 2 is 1.76 bits per heavy atom. The number of carbonyl (C=O) groups is 3. The Bertz CT molecular complexity index is 1790. The Hall–Kier alpha value is -5.16. The average molecular weight is 669 g/mol. The van der Waals surface area contributed by atoms with E-state index in [0.717, 1.165) is 6.42 Å². The van der Waals surface area contributed by atoms with Crippen LogP contribution in [0.3, 0.4) is 0 Å².